The van der Waals surface area contributed by atoms with Crippen molar-refractivity contribution < 1.29 is 9.53 Å². The van der Waals surface area contributed by atoms with Gasteiger partial charge >= 0.3 is 0 Å². The molecule has 0 heterocycles. The first kappa shape index (κ1) is 26.3. The van der Waals surface area contributed by atoms with E-state index < -0.39 is 0 Å². The number of carbonyl (C=O) groups excluding carboxylic acids is 1. The fourth-order valence-electron chi connectivity index (χ4n) is 3.77. The van der Waals surface area contributed by atoms with E-state index in [2.05, 4.69) is 12.2 Å². The first-order valence-electron chi connectivity index (χ1n) is 12.4. The van der Waals surface area contributed by atoms with Crippen LogP contribution in [-0.2, 0) is 4.79 Å². The molecule has 0 saturated carbocycles. The fourth-order valence-corrected chi connectivity index (χ4v) is 3.77. The summed E-state index contributed by atoms with van der Waals surface area (Å²) in [5.74, 6) is 0.645. The van der Waals surface area contributed by atoms with Gasteiger partial charge in [-0.15, -0.1) is 0 Å². The summed E-state index contributed by atoms with van der Waals surface area (Å²) in [6, 6.07) is 5.42. The zero-order chi connectivity index (χ0) is 21.9. The Labute approximate surface area is 185 Å². The summed E-state index contributed by atoms with van der Waals surface area (Å²) in [5, 5.41) is 2.71. The zero-order valence-electron chi connectivity index (χ0n) is 19.6. The molecule has 0 aliphatic carbocycles. The highest BCUT2D eigenvalue weighted by Crippen LogP contribution is 2.24. The number of rotatable bonds is 19. The average molecular weight is 419 g/mol. The minimum absolute atomic E-state index is 0.122. The molecule has 1 rings (SSSR count). The molecule has 4 heteroatoms. The maximum absolute atomic E-state index is 11.1. The standard InChI is InChI=1S/C26H46N2O2/c1-3-4-5-6-7-8-9-10-11-12-13-14-15-16-17-18-21-30-24-19-20-26(25(27)22-24)28-23(2)29/h19-20,22H,3-18,21,27H2,1-2H3,(H,28,29). The van der Waals surface area contributed by atoms with Gasteiger partial charge in [-0.25, -0.2) is 0 Å². The molecule has 0 saturated heterocycles. The van der Waals surface area contributed by atoms with Crippen molar-refractivity contribution in [2.45, 2.75) is 117 Å². The number of nitrogens with one attached hydrogen (secondary N) is 1. The van der Waals surface area contributed by atoms with Gasteiger partial charge in [-0.2, -0.15) is 0 Å². The monoisotopic (exact) mass is 418 g/mol. The third-order valence-electron chi connectivity index (χ3n) is 5.60. The number of amides is 1. The van der Waals surface area contributed by atoms with Crippen molar-refractivity contribution in [2.24, 2.45) is 0 Å². The van der Waals surface area contributed by atoms with Crippen LogP contribution in [0.25, 0.3) is 0 Å². The fraction of sp³-hybridized carbons (Fsp3) is 0.731. The second kappa shape index (κ2) is 18.1. The Bertz CT molecular complexity index is 560. The highest BCUT2D eigenvalue weighted by molar-refractivity contribution is 5.92. The van der Waals surface area contributed by atoms with Gasteiger partial charge in [0.15, 0.2) is 0 Å². The Morgan fingerprint density at radius 2 is 1.27 bits per heavy atom. The Morgan fingerprint density at radius 3 is 1.70 bits per heavy atom. The topological polar surface area (TPSA) is 64.3 Å². The normalized spacial score (nSPS) is 10.9. The van der Waals surface area contributed by atoms with E-state index in [0.29, 0.717) is 11.4 Å². The number of nitrogens with two attached hydrogens (primary N) is 1. The number of carbonyl (C=O) groups is 1. The lowest BCUT2D eigenvalue weighted by Crippen LogP contribution is -2.08. The van der Waals surface area contributed by atoms with Crippen molar-refractivity contribution >= 4 is 17.3 Å². The predicted octanol–water partition coefficient (Wildman–Crippen LogP) is 7.87. The summed E-state index contributed by atoms with van der Waals surface area (Å²) in [6.07, 6.45) is 21.9. The molecule has 4 nitrogen and oxygen atoms in total. The molecule has 0 aliphatic rings. The molecular weight excluding hydrogens is 372 g/mol. The van der Waals surface area contributed by atoms with E-state index >= 15 is 0 Å². The smallest absolute Gasteiger partial charge is 0.221 e. The van der Waals surface area contributed by atoms with Crippen LogP contribution in [0.2, 0.25) is 0 Å². The molecule has 30 heavy (non-hydrogen) atoms. The van der Waals surface area contributed by atoms with Gasteiger partial charge in [0.25, 0.3) is 0 Å². The summed E-state index contributed by atoms with van der Waals surface area (Å²) in [7, 11) is 0. The highest BCUT2D eigenvalue weighted by atomic mass is 16.5. The third kappa shape index (κ3) is 14.3. The third-order valence-corrected chi connectivity index (χ3v) is 5.60. The molecule has 0 aromatic heterocycles. The van der Waals surface area contributed by atoms with Crippen LogP contribution in [0.5, 0.6) is 5.75 Å². The van der Waals surface area contributed by atoms with E-state index in [1.165, 1.54) is 103 Å². The SMILES string of the molecule is CCCCCCCCCCCCCCCCCCOc1ccc(NC(C)=O)c(N)c1. The molecule has 1 amide bonds. The summed E-state index contributed by atoms with van der Waals surface area (Å²) >= 11 is 0. The summed E-state index contributed by atoms with van der Waals surface area (Å²) in [5.41, 5.74) is 7.11. The lowest BCUT2D eigenvalue weighted by atomic mass is 10.0. The van der Waals surface area contributed by atoms with E-state index in [9.17, 15) is 4.79 Å². The van der Waals surface area contributed by atoms with Crippen LogP contribution in [0.1, 0.15) is 117 Å². The molecule has 0 radical (unpaired) electrons. The lowest BCUT2D eigenvalue weighted by Gasteiger charge is -2.10. The van der Waals surface area contributed by atoms with Crippen LogP contribution < -0.4 is 15.8 Å². The molecular formula is C26H46N2O2. The second-order valence-electron chi connectivity index (χ2n) is 8.58. The Kier molecular flexibility index (Phi) is 15.9. The van der Waals surface area contributed by atoms with Gasteiger partial charge in [-0.05, 0) is 18.6 Å². The Balaban J connectivity index is 1.87. The van der Waals surface area contributed by atoms with E-state index in [1.54, 1.807) is 12.1 Å². The lowest BCUT2D eigenvalue weighted by molar-refractivity contribution is -0.114. The molecule has 0 bridgehead atoms. The maximum atomic E-state index is 11.1. The number of ether oxygens (including phenoxy) is 1. The number of hydrogen-bond donors (Lipinski definition) is 2. The number of benzene rings is 1. The van der Waals surface area contributed by atoms with Crippen LogP contribution in [0.15, 0.2) is 18.2 Å². The average Bonchev–Trinajstić information content (AvgIpc) is 2.72. The van der Waals surface area contributed by atoms with E-state index in [0.717, 1.165) is 18.8 Å². The molecule has 1 aromatic carbocycles. The van der Waals surface area contributed by atoms with E-state index in [4.69, 9.17) is 10.5 Å². The van der Waals surface area contributed by atoms with Crippen molar-refractivity contribution in [1.29, 1.82) is 0 Å². The maximum Gasteiger partial charge on any atom is 0.221 e. The molecule has 0 unspecified atom stereocenters. The van der Waals surface area contributed by atoms with Gasteiger partial charge in [0.05, 0.1) is 18.0 Å². The van der Waals surface area contributed by atoms with Gasteiger partial charge in [0, 0.05) is 13.0 Å². The molecule has 1 aromatic rings. The molecule has 0 aliphatic heterocycles. The quantitative estimate of drug-likeness (QED) is 0.177. The minimum Gasteiger partial charge on any atom is -0.494 e. The molecule has 3 N–H and O–H groups in total. The molecule has 0 spiro atoms. The van der Waals surface area contributed by atoms with Gasteiger partial charge in [0.1, 0.15) is 5.75 Å². The number of hydrogen-bond acceptors (Lipinski definition) is 3. The molecule has 172 valence electrons. The molecule has 0 atom stereocenters. The highest BCUT2D eigenvalue weighted by Gasteiger charge is 2.03. The largest absolute Gasteiger partial charge is 0.494 e. The summed E-state index contributed by atoms with van der Waals surface area (Å²) in [6.45, 7) is 4.47. The predicted molar refractivity (Wildman–Crippen MR) is 130 cm³/mol. The van der Waals surface area contributed by atoms with Crippen molar-refractivity contribution in [2.75, 3.05) is 17.7 Å². The van der Waals surface area contributed by atoms with E-state index in [1.807, 2.05) is 6.07 Å². The van der Waals surface area contributed by atoms with Gasteiger partial charge in [-0.3, -0.25) is 4.79 Å². The second-order valence-corrected chi connectivity index (χ2v) is 8.58. The van der Waals surface area contributed by atoms with E-state index in [-0.39, 0.29) is 5.91 Å². The van der Waals surface area contributed by atoms with Gasteiger partial charge in [-0.1, -0.05) is 103 Å². The van der Waals surface area contributed by atoms with Crippen LogP contribution in [-0.4, -0.2) is 12.5 Å². The number of anilines is 2. The van der Waals surface area contributed by atoms with Crippen molar-refractivity contribution in [3.8, 4) is 5.75 Å². The van der Waals surface area contributed by atoms with Crippen LogP contribution in [0, 0.1) is 0 Å². The van der Waals surface area contributed by atoms with Gasteiger partial charge < -0.3 is 15.8 Å². The van der Waals surface area contributed by atoms with Gasteiger partial charge in [0.2, 0.25) is 5.91 Å². The molecule has 0 fully saturated rings. The Hall–Kier alpha value is -1.71. The van der Waals surface area contributed by atoms with Crippen molar-refractivity contribution in [3.05, 3.63) is 18.2 Å². The van der Waals surface area contributed by atoms with Crippen LogP contribution in [0.3, 0.4) is 0 Å². The number of nitrogen functional groups attached to an aromatic ring is 1. The van der Waals surface area contributed by atoms with Crippen molar-refractivity contribution in [3.63, 3.8) is 0 Å². The Morgan fingerprint density at radius 1 is 0.800 bits per heavy atom. The van der Waals surface area contributed by atoms with Crippen LogP contribution >= 0.6 is 0 Å². The summed E-state index contributed by atoms with van der Waals surface area (Å²) in [4.78, 5) is 11.1. The number of unbranched alkanes of at least 4 members (excludes halogenated alkanes) is 15. The zero-order valence-corrected chi connectivity index (χ0v) is 19.6. The van der Waals surface area contributed by atoms with Crippen molar-refractivity contribution in [1.82, 2.24) is 0 Å². The van der Waals surface area contributed by atoms with Crippen LogP contribution in [0.4, 0.5) is 11.4 Å². The first-order valence-corrected chi connectivity index (χ1v) is 12.4. The minimum atomic E-state index is -0.122. The summed E-state index contributed by atoms with van der Waals surface area (Å²) < 4.78 is 5.77. The first-order chi connectivity index (χ1) is 14.6.